The van der Waals surface area contributed by atoms with Crippen molar-refractivity contribution >= 4 is 23.2 Å². The van der Waals surface area contributed by atoms with Crippen LogP contribution in [0, 0.1) is 0 Å². The van der Waals surface area contributed by atoms with Crippen LogP contribution in [0.5, 0.6) is 0 Å². The first-order valence-corrected chi connectivity index (χ1v) is 6.54. The molecule has 1 heterocycles. The fourth-order valence-corrected chi connectivity index (χ4v) is 2.24. The average molecular weight is 255 g/mol. The molecule has 2 N–H and O–H groups in total. The molecule has 0 fully saturated rings. The van der Waals surface area contributed by atoms with Crippen molar-refractivity contribution in [2.45, 2.75) is 38.6 Å². The Bertz CT molecular complexity index is 362. The summed E-state index contributed by atoms with van der Waals surface area (Å²) >= 11 is 1.64. The molecule has 1 atom stereocenters. The van der Waals surface area contributed by atoms with E-state index in [9.17, 15) is 9.59 Å². The molecule has 1 unspecified atom stereocenters. The minimum Gasteiger partial charge on any atom is -0.481 e. The van der Waals surface area contributed by atoms with E-state index in [2.05, 4.69) is 10.7 Å². The van der Waals surface area contributed by atoms with E-state index in [4.69, 9.17) is 5.11 Å². The van der Waals surface area contributed by atoms with Crippen molar-refractivity contribution in [2.24, 2.45) is 0 Å². The smallest absolute Gasteiger partial charge is 0.303 e. The average Bonchev–Trinajstić information content (AvgIpc) is 2.69. The summed E-state index contributed by atoms with van der Waals surface area (Å²) in [6.07, 6.45) is 1.53. The highest BCUT2D eigenvalue weighted by molar-refractivity contribution is 7.07. The van der Waals surface area contributed by atoms with Crippen LogP contribution in [0.2, 0.25) is 0 Å². The third kappa shape index (κ3) is 6.06. The van der Waals surface area contributed by atoms with Crippen LogP contribution >= 0.6 is 11.3 Å². The zero-order valence-electron chi connectivity index (χ0n) is 9.81. The van der Waals surface area contributed by atoms with Crippen molar-refractivity contribution in [3.05, 3.63) is 22.4 Å². The summed E-state index contributed by atoms with van der Waals surface area (Å²) in [4.78, 5) is 21.7. The Labute approximate surface area is 105 Å². The van der Waals surface area contributed by atoms with E-state index in [0.717, 1.165) is 6.42 Å². The fraction of sp³-hybridized carbons (Fsp3) is 0.500. The van der Waals surface area contributed by atoms with Crippen molar-refractivity contribution in [1.29, 1.82) is 0 Å². The van der Waals surface area contributed by atoms with Crippen LogP contribution in [-0.2, 0) is 16.0 Å². The Morgan fingerprint density at radius 1 is 1.47 bits per heavy atom. The monoisotopic (exact) mass is 255 g/mol. The van der Waals surface area contributed by atoms with Crippen molar-refractivity contribution < 1.29 is 14.7 Å². The van der Waals surface area contributed by atoms with E-state index < -0.39 is 5.97 Å². The van der Waals surface area contributed by atoms with Crippen molar-refractivity contribution in [3.8, 4) is 0 Å². The van der Waals surface area contributed by atoms with Crippen LogP contribution in [0.25, 0.3) is 0 Å². The van der Waals surface area contributed by atoms with Gasteiger partial charge in [-0.1, -0.05) is 0 Å². The number of carbonyl (C=O) groups excluding carboxylic acids is 1. The molecule has 4 nitrogen and oxygen atoms in total. The molecule has 0 spiro atoms. The summed E-state index contributed by atoms with van der Waals surface area (Å²) in [5, 5.41) is 15.4. The minimum atomic E-state index is -0.857. The number of thiophene rings is 1. The second-order valence-corrected chi connectivity index (χ2v) is 4.83. The third-order valence-electron chi connectivity index (χ3n) is 2.32. The van der Waals surface area contributed by atoms with Crippen LogP contribution in [-0.4, -0.2) is 23.0 Å². The number of carboxylic acids is 1. The second-order valence-electron chi connectivity index (χ2n) is 4.05. The normalized spacial score (nSPS) is 12.1. The lowest BCUT2D eigenvalue weighted by Gasteiger charge is -2.12. The number of carbonyl (C=O) groups is 2. The molecule has 0 aliphatic heterocycles. The Morgan fingerprint density at radius 3 is 2.82 bits per heavy atom. The number of hydrogen-bond acceptors (Lipinski definition) is 3. The molecule has 0 bridgehead atoms. The summed E-state index contributed by atoms with van der Waals surface area (Å²) in [7, 11) is 0. The molecule has 1 aromatic rings. The maximum atomic E-state index is 11.5. The first-order chi connectivity index (χ1) is 8.08. The van der Waals surface area contributed by atoms with Crippen LogP contribution in [0.15, 0.2) is 16.8 Å². The van der Waals surface area contributed by atoms with Crippen LogP contribution in [0.1, 0.15) is 31.7 Å². The van der Waals surface area contributed by atoms with E-state index in [1.807, 2.05) is 18.4 Å². The summed E-state index contributed by atoms with van der Waals surface area (Å²) < 4.78 is 0. The van der Waals surface area contributed by atoms with Crippen LogP contribution < -0.4 is 5.32 Å². The number of amides is 1. The Balaban J connectivity index is 2.19. The second kappa shape index (κ2) is 7.06. The zero-order valence-corrected chi connectivity index (χ0v) is 10.6. The van der Waals surface area contributed by atoms with Crippen LogP contribution in [0.3, 0.4) is 0 Å². The predicted molar refractivity (Wildman–Crippen MR) is 67.1 cm³/mol. The Hall–Kier alpha value is -1.36. The maximum Gasteiger partial charge on any atom is 0.303 e. The van der Waals surface area contributed by atoms with Crippen molar-refractivity contribution in [3.63, 3.8) is 0 Å². The molecule has 0 aromatic carbocycles. The Kier molecular flexibility index (Phi) is 5.69. The van der Waals surface area contributed by atoms with Gasteiger partial charge in [0.1, 0.15) is 0 Å². The third-order valence-corrected chi connectivity index (χ3v) is 3.06. The van der Waals surface area contributed by atoms with Gasteiger partial charge in [0.05, 0.1) is 0 Å². The van der Waals surface area contributed by atoms with E-state index in [0.29, 0.717) is 6.42 Å². The summed E-state index contributed by atoms with van der Waals surface area (Å²) in [6, 6.07) is 2.12. The molecule has 0 aliphatic carbocycles. The number of aliphatic carboxylic acids is 1. The molecule has 0 saturated carbocycles. The molecule has 5 heteroatoms. The molecule has 1 aromatic heterocycles. The molecule has 94 valence electrons. The zero-order chi connectivity index (χ0) is 12.7. The standard InChI is InChI=1S/C12H17NO3S/c1-9(7-10-5-6-17-8-10)13-11(14)3-2-4-12(15)16/h5-6,8-9H,2-4,7H2,1H3,(H,13,14)(H,15,16). The van der Waals surface area contributed by atoms with Gasteiger partial charge < -0.3 is 10.4 Å². The highest BCUT2D eigenvalue weighted by atomic mass is 32.1. The largest absolute Gasteiger partial charge is 0.481 e. The van der Waals surface area contributed by atoms with Gasteiger partial charge in [0.2, 0.25) is 5.91 Å². The van der Waals surface area contributed by atoms with Crippen LogP contribution in [0.4, 0.5) is 0 Å². The molecule has 0 saturated heterocycles. The predicted octanol–water partition coefficient (Wildman–Crippen LogP) is 2.05. The van der Waals surface area contributed by atoms with Gasteiger partial charge in [0.15, 0.2) is 0 Å². The van der Waals surface area contributed by atoms with Gasteiger partial charge in [0.25, 0.3) is 0 Å². The molecule has 0 aliphatic rings. The van der Waals surface area contributed by atoms with E-state index in [1.165, 1.54) is 5.56 Å². The van der Waals surface area contributed by atoms with E-state index in [-0.39, 0.29) is 24.8 Å². The van der Waals surface area contributed by atoms with Gasteiger partial charge in [-0.05, 0) is 42.2 Å². The summed E-state index contributed by atoms with van der Waals surface area (Å²) in [5.41, 5.74) is 1.22. The molecule has 1 rings (SSSR count). The quantitative estimate of drug-likeness (QED) is 0.783. The van der Waals surface area contributed by atoms with Gasteiger partial charge in [0, 0.05) is 18.9 Å². The molecular weight excluding hydrogens is 238 g/mol. The van der Waals surface area contributed by atoms with E-state index in [1.54, 1.807) is 11.3 Å². The first kappa shape index (κ1) is 13.7. The number of rotatable bonds is 7. The molecule has 0 radical (unpaired) electrons. The highest BCUT2D eigenvalue weighted by Crippen LogP contribution is 2.08. The van der Waals surface area contributed by atoms with Gasteiger partial charge in [-0.15, -0.1) is 0 Å². The lowest BCUT2D eigenvalue weighted by atomic mass is 10.1. The minimum absolute atomic E-state index is 0.0479. The maximum absolute atomic E-state index is 11.5. The molecule has 1 amide bonds. The van der Waals surface area contributed by atoms with Crippen molar-refractivity contribution in [2.75, 3.05) is 0 Å². The number of hydrogen-bond donors (Lipinski definition) is 2. The number of carboxylic acid groups (broad SMARTS) is 1. The van der Waals surface area contributed by atoms with Gasteiger partial charge in [-0.2, -0.15) is 11.3 Å². The van der Waals surface area contributed by atoms with Gasteiger partial charge >= 0.3 is 5.97 Å². The lowest BCUT2D eigenvalue weighted by Crippen LogP contribution is -2.33. The van der Waals surface area contributed by atoms with E-state index >= 15 is 0 Å². The van der Waals surface area contributed by atoms with Gasteiger partial charge in [-0.3, -0.25) is 9.59 Å². The molecular formula is C12H17NO3S. The Morgan fingerprint density at radius 2 is 2.24 bits per heavy atom. The summed E-state index contributed by atoms with van der Waals surface area (Å²) in [5.74, 6) is -0.932. The first-order valence-electron chi connectivity index (χ1n) is 5.60. The van der Waals surface area contributed by atoms with Gasteiger partial charge in [-0.25, -0.2) is 0 Å². The number of nitrogens with one attached hydrogen (secondary N) is 1. The summed E-state index contributed by atoms with van der Waals surface area (Å²) in [6.45, 7) is 1.95. The highest BCUT2D eigenvalue weighted by Gasteiger charge is 2.09. The SMILES string of the molecule is CC(Cc1ccsc1)NC(=O)CCCC(=O)O. The molecule has 17 heavy (non-hydrogen) atoms. The van der Waals surface area contributed by atoms with Crippen molar-refractivity contribution in [1.82, 2.24) is 5.32 Å². The topological polar surface area (TPSA) is 66.4 Å². The lowest BCUT2D eigenvalue weighted by molar-refractivity contribution is -0.137. The fourth-order valence-electron chi connectivity index (χ4n) is 1.56.